The standard InChI is InChI=1S/C19H17N3O6S/c1-29(24,25)14-5-3-13(4-6-14)18(23)20-19-22-21-17(28-19)11-12-2-7-15-16(10-12)27-9-8-26-15/h2-7,10H,8-9,11H2,1H3,(H,20,22,23). The molecule has 1 amide bonds. The van der Waals surface area contributed by atoms with Gasteiger partial charge in [0.05, 0.1) is 11.3 Å². The summed E-state index contributed by atoms with van der Waals surface area (Å²) in [6, 6.07) is 11.1. The van der Waals surface area contributed by atoms with Gasteiger partial charge in [-0.25, -0.2) is 8.42 Å². The van der Waals surface area contributed by atoms with E-state index in [9.17, 15) is 13.2 Å². The fraction of sp³-hybridized carbons (Fsp3) is 0.211. The van der Waals surface area contributed by atoms with E-state index in [0.717, 1.165) is 11.8 Å². The second-order valence-corrected chi connectivity index (χ2v) is 8.42. The van der Waals surface area contributed by atoms with Crippen molar-refractivity contribution in [2.24, 2.45) is 0 Å². The summed E-state index contributed by atoms with van der Waals surface area (Å²) in [5, 5.41) is 10.3. The molecule has 0 unspecified atom stereocenters. The van der Waals surface area contributed by atoms with Gasteiger partial charge in [-0.05, 0) is 42.0 Å². The number of hydrogen-bond donors (Lipinski definition) is 1. The summed E-state index contributed by atoms with van der Waals surface area (Å²) < 4.78 is 39.5. The lowest BCUT2D eigenvalue weighted by Crippen LogP contribution is -2.15. The van der Waals surface area contributed by atoms with Gasteiger partial charge in [-0.1, -0.05) is 11.2 Å². The monoisotopic (exact) mass is 415 g/mol. The summed E-state index contributed by atoms with van der Waals surface area (Å²) in [6.07, 6.45) is 1.46. The van der Waals surface area contributed by atoms with Crippen molar-refractivity contribution in [1.82, 2.24) is 10.2 Å². The Morgan fingerprint density at radius 1 is 1.03 bits per heavy atom. The quantitative estimate of drug-likeness (QED) is 0.672. The first kappa shape index (κ1) is 18.9. The van der Waals surface area contributed by atoms with Crippen LogP contribution in [0.15, 0.2) is 51.8 Å². The number of ether oxygens (including phenoxy) is 2. The Hall–Kier alpha value is -3.40. The van der Waals surface area contributed by atoms with Crippen molar-refractivity contribution in [3.05, 3.63) is 59.5 Å². The Kier molecular flexibility index (Phi) is 4.93. The number of hydrogen-bond acceptors (Lipinski definition) is 8. The summed E-state index contributed by atoms with van der Waals surface area (Å²) in [4.78, 5) is 12.4. The van der Waals surface area contributed by atoms with E-state index < -0.39 is 15.7 Å². The molecule has 0 bridgehead atoms. The largest absolute Gasteiger partial charge is 0.486 e. The number of nitrogens with zero attached hydrogens (tertiary/aromatic N) is 2. The van der Waals surface area contributed by atoms with Crippen LogP contribution in [0.5, 0.6) is 11.5 Å². The average Bonchev–Trinajstić information content (AvgIpc) is 3.14. The molecule has 0 saturated carbocycles. The molecule has 3 aromatic rings. The maximum Gasteiger partial charge on any atom is 0.322 e. The first-order valence-electron chi connectivity index (χ1n) is 8.71. The van der Waals surface area contributed by atoms with Gasteiger partial charge < -0.3 is 13.9 Å². The lowest BCUT2D eigenvalue weighted by Gasteiger charge is -2.18. The summed E-state index contributed by atoms with van der Waals surface area (Å²) in [6.45, 7) is 1.02. The van der Waals surface area contributed by atoms with Crippen LogP contribution >= 0.6 is 0 Å². The number of amides is 1. The molecule has 0 atom stereocenters. The molecule has 10 heteroatoms. The molecule has 1 N–H and O–H groups in total. The zero-order valence-electron chi connectivity index (χ0n) is 15.4. The SMILES string of the molecule is CS(=O)(=O)c1ccc(C(=O)Nc2nnc(Cc3ccc4c(c3)OCCO4)o2)cc1. The van der Waals surface area contributed by atoms with Gasteiger partial charge in [0.15, 0.2) is 21.3 Å². The van der Waals surface area contributed by atoms with Gasteiger partial charge >= 0.3 is 6.01 Å². The van der Waals surface area contributed by atoms with Crippen LogP contribution in [0, 0.1) is 0 Å². The highest BCUT2D eigenvalue weighted by atomic mass is 32.2. The Bertz CT molecular complexity index is 1150. The molecule has 1 aromatic heterocycles. The highest BCUT2D eigenvalue weighted by Gasteiger charge is 2.16. The molecule has 1 aliphatic heterocycles. The molecular weight excluding hydrogens is 398 g/mol. The molecule has 150 valence electrons. The van der Waals surface area contributed by atoms with E-state index in [-0.39, 0.29) is 16.5 Å². The Balaban J connectivity index is 1.42. The van der Waals surface area contributed by atoms with E-state index >= 15 is 0 Å². The normalized spacial score (nSPS) is 13.1. The Labute approximate surface area is 166 Å². The van der Waals surface area contributed by atoms with Crippen LogP contribution in [-0.2, 0) is 16.3 Å². The summed E-state index contributed by atoms with van der Waals surface area (Å²) in [5.41, 5.74) is 1.16. The number of anilines is 1. The minimum Gasteiger partial charge on any atom is -0.486 e. The van der Waals surface area contributed by atoms with Gasteiger partial charge in [0.25, 0.3) is 5.91 Å². The lowest BCUT2D eigenvalue weighted by molar-refractivity contribution is 0.102. The highest BCUT2D eigenvalue weighted by Crippen LogP contribution is 2.31. The van der Waals surface area contributed by atoms with Gasteiger partial charge in [-0.2, -0.15) is 0 Å². The second kappa shape index (κ2) is 7.55. The Morgan fingerprint density at radius 3 is 2.48 bits per heavy atom. The van der Waals surface area contributed by atoms with E-state index in [1.54, 1.807) is 0 Å². The molecule has 2 heterocycles. The van der Waals surface area contributed by atoms with Gasteiger partial charge in [-0.15, -0.1) is 5.10 Å². The smallest absolute Gasteiger partial charge is 0.322 e. The van der Waals surface area contributed by atoms with E-state index in [1.807, 2.05) is 18.2 Å². The first-order valence-corrected chi connectivity index (χ1v) is 10.6. The second-order valence-electron chi connectivity index (χ2n) is 6.41. The van der Waals surface area contributed by atoms with Gasteiger partial charge in [0.2, 0.25) is 5.89 Å². The van der Waals surface area contributed by atoms with Crippen molar-refractivity contribution in [3.63, 3.8) is 0 Å². The van der Waals surface area contributed by atoms with Crippen LogP contribution in [-0.4, -0.2) is 44.0 Å². The fourth-order valence-corrected chi connectivity index (χ4v) is 3.40. The van der Waals surface area contributed by atoms with Crippen molar-refractivity contribution in [2.75, 3.05) is 24.8 Å². The van der Waals surface area contributed by atoms with Crippen LogP contribution in [0.1, 0.15) is 21.8 Å². The van der Waals surface area contributed by atoms with E-state index in [1.165, 1.54) is 24.3 Å². The maximum atomic E-state index is 12.3. The molecular formula is C19H17N3O6S. The number of sulfone groups is 1. The van der Waals surface area contributed by atoms with E-state index in [0.29, 0.717) is 37.0 Å². The number of carbonyl (C=O) groups excluding carboxylic acids is 1. The zero-order chi connectivity index (χ0) is 20.4. The number of rotatable bonds is 5. The highest BCUT2D eigenvalue weighted by molar-refractivity contribution is 7.90. The fourth-order valence-electron chi connectivity index (χ4n) is 2.77. The predicted molar refractivity (Wildman–Crippen MR) is 102 cm³/mol. The van der Waals surface area contributed by atoms with Crippen LogP contribution in [0.2, 0.25) is 0 Å². The van der Waals surface area contributed by atoms with Crippen LogP contribution < -0.4 is 14.8 Å². The average molecular weight is 415 g/mol. The molecule has 29 heavy (non-hydrogen) atoms. The third-order valence-corrected chi connectivity index (χ3v) is 5.32. The first-order chi connectivity index (χ1) is 13.9. The number of aromatic nitrogens is 2. The molecule has 0 saturated heterocycles. The Morgan fingerprint density at radius 2 is 1.76 bits per heavy atom. The number of benzene rings is 2. The molecule has 2 aromatic carbocycles. The number of nitrogens with one attached hydrogen (secondary N) is 1. The lowest BCUT2D eigenvalue weighted by atomic mass is 10.1. The molecule has 1 aliphatic rings. The van der Waals surface area contributed by atoms with Crippen molar-refractivity contribution in [2.45, 2.75) is 11.3 Å². The van der Waals surface area contributed by atoms with Gasteiger partial charge in [-0.3, -0.25) is 10.1 Å². The maximum absolute atomic E-state index is 12.3. The minimum atomic E-state index is -3.33. The number of fused-ring (bicyclic) bond motifs is 1. The van der Waals surface area contributed by atoms with Crippen molar-refractivity contribution < 1.29 is 27.1 Å². The molecule has 0 fully saturated rings. The van der Waals surface area contributed by atoms with Crippen LogP contribution in [0.25, 0.3) is 0 Å². The predicted octanol–water partition coefficient (Wildman–Crippen LogP) is 2.09. The summed E-state index contributed by atoms with van der Waals surface area (Å²) in [5.74, 6) is 1.20. The topological polar surface area (TPSA) is 121 Å². The summed E-state index contributed by atoms with van der Waals surface area (Å²) in [7, 11) is -3.33. The zero-order valence-corrected chi connectivity index (χ0v) is 16.2. The molecule has 4 rings (SSSR count). The molecule has 0 spiro atoms. The summed E-state index contributed by atoms with van der Waals surface area (Å²) >= 11 is 0. The van der Waals surface area contributed by atoms with Crippen molar-refractivity contribution in [3.8, 4) is 11.5 Å². The molecule has 0 aliphatic carbocycles. The third-order valence-electron chi connectivity index (χ3n) is 4.19. The van der Waals surface area contributed by atoms with Gasteiger partial charge in [0, 0.05) is 11.8 Å². The van der Waals surface area contributed by atoms with Crippen LogP contribution in [0.3, 0.4) is 0 Å². The van der Waals surface area contributed by atoms with Crippen molar-refractivity contribution in [1.29, 1.82) is 0 Å². The third kappa shape index (κ3) is 4.37. The number of carbonyl (C=O) groups is 1. The molecule has 9 nitrogen and oxygen atoms in total. The van der Waals surface area contributed by atoms with E-state index in [4.69, 9.17) is 13.9 Å². The van der Waals surface area contributed by atoms with Crippen molar-refractivity contribution >= 4 is 21.8 Å². The minimum absolute atomic E-state index is 0.0465. The van der Waals surface area contributed by atoms with Crippen LogP contribution in [0.4, 0.5) is 6.01 Å². The van der Waals surface area contributed by atoms with Gasteiger partial charge in [0.1, 0.15) is 13.2 Å². The van der Waals surface area contributed by atoms with E-state index in [2.05, 4.69) is 15.5 Å². The molecule has 0 radical (unpaired) electrons.